The zero-order valence-electron chi connectivity index (χ0n) is 14.7. The van der Waals surface area contributed by atoms with E-state index in [2.05, 4.69) is 6.58 Å². The molecule has 0 amide bonds. The van der Waals surface area contributed by atoms with Gasteiger partial charge in [-0.15, -0.1) is 0 Å². The molecule has 0 heterocycles. The van der Waals surface area contributed by atoms with Crippen LogP contribution < -0.4 is 9.47 Å². The molecule has 0 saturated carbocycles. The molecule has 3 aromatic carbocycles. The summed E-state index contributed by atoms with van der Waals surface area (Å²) in [6, 6.07) is 9.75. The lowest BCUT2D eigenvalue weighted by Gasteiger charge is -2.12. The van der Waals surface area contributed by atoms with Crippen molar-refractivity contribution in [1.29, 1.82) is 0 Å². The number of alkyl halides is 3. The summed E-state index contributed by atoms with van der Waals surface area (Å²) in [5, 5.41) is -0.617. The first-order chi connectivity index (χ1) is 13.7. The molecule has 29 heavy (non-hydrogen) atoms. The first-order valence-corrected chi connectivity index (χ1v) is 8.25. The number of hydrogen-bond acceptors (Lipinski definition) is 3. The van der Waals surface area contributed by atoms with Crippen molar-refractivity contribution in [3.8, 4) is 11.5 Å². The fraction of sp³-hybridized carbons (Fsp3) is 0.0952. The summed E-state index contributed by atoms with van der Waals surface area (Å²) >= 11 is 0. The average molecular weight is 408 g/mol. The number of esters is 1. The molecule has 0 spiro atoms. The van der Waals surface area contributed by atoms with Crippen LogP contribution >= 0.6 is 0 Å². The Balaban J connectivity index is 1.85. The average Bonchev–Trinajstić information content (AvgIpc) is 2.65. The summed E-state index contributed by atoms with van der Waals surface area (Å²) in [5.74, 6) is -3.79. The highest BCUT2D eigenvalue weighted by molar-refractivity contribution is 5.92. The summed E-state index contributed by atoms with van der Waals surface area (Å²) in [5.41, 5.74) is -1.78. The van der Waals surface area contributed by atoms with Crippen LogP contribution in [0, 0.1) is 11.6 Å². The van der Waals surface area contributed by atoms with E-state index in [0.717, 1.165) is 18.2 Å². The number of carbonyl (C=O) groups is 1. The van der Waals surface area contributed by atoms with Crippen molar-refractivity contribution >= 4 is 16.7 Å². The lowest BCUT2D eigenvalue weighted by atomic mass is 10.0. The molecule has 0 fully saturated rings. The van der Waals surface area contributed by atoms with Crippen LogP contribution in [-0.2, 0) is 6.18 Å². The van der Waals surface area contributed by atoms with Gasteiger partial charge < -0.3 is 9.47 Å². The van der Waals surface area contributed by atoms with Crippen molar-refractivity contribution < 1.29 is 36.2 Å². The number of hydrogen-bond donors (Lipinski definition) is 0. The zero-order valence-corrected chi connectivity index (χ0v) is 14.7. The van der Waals surface area contributed by atoms with Crippen LogP contribution in [0.25, 0.3) is 10.8 Å². The molecular formula is C21H13F5O3. The van der Waals surface area contributed by atoms with E-state index in [-0.39, 0.29) is 16.7 Å². The Morgan fingerprint density at radius 3 is 2.28 bits per heavy atom. The fourth-order valence-corrected chi connectivity index (χ4v) is 2.64. The second-order valence-corrected chi connectivity index (χ2v) is 5.94. The molecule has 0 saturated heterocycles. The number of rotatable bonds is 5. The van der Waals surface area contributed by atoms with Crippen molar-refractivity contribution in [3.63, 3.8) is 0 Å². The van der Waals surface area contributed by atoms with E-state index in [9.17, 15) is 26.7 Å². The van der Waals surface area contributed by atoms with Gasteiger partial charge >= 0.3 is 12.1 Å². The number of halogens is 5. The summed E-state index contributed by atoms with van der Waals surface area (Å²) in [6.45, 7) is 3.81. The molecule has 3 aromatic rings. The molecule has 150 valence electrons. The van der Waals surface area contributed by atoms with Crippen molar-refractivity contribution in [2.45, 2.75) is 6.18 Å². The van der Waals surface area contributed by atoms with Gasteiger partial charge in [-0.3, -0.25) is 0 Å². The van der Waals surface area contributed by atoms with Crippen LogP contribution in [0.1, 0.15) is 15.9 Å². The van der Waals surface area contributed by atoms with Crippen molar-refractivity contribution in [1.82, 2.24) is 0 Å². The Morgan fingerprint density at radius 1 is 1.00 bits per heavy atom. The second-order valence-electron chi connectivity index (χ2n) is 5.94. The largest absolute Gasteiger partial charge is 0.490 e. The van der Waals surface area contributed by atoms with Gasteiger partial charge in [0.05, 0.1) is 5.56 Å². The van der Waals surface area contributed by atoms with Gasteiger partial charge in [0.1, 0.15) is 35.3 Å². The van der Waals surface area contributed by atoms with E-state index in [0.29, 0.717) is 18.4 Å². The van der Waals surface area contributed by atoms with E-state index in [1.807, 2.05) is 0 Å². The highest BCUT2D eigenvalue weighted by atomic mass is 19.4. The van der Waals surface area contributed by atoms with E-state index in [1.165, 1.54) is 12.1 Å². The summed E-state index contributed by atoms with van der Waals surface area (Å²) in [6.07, 6.45) is -3.61. The zero-order chi connectivity index (χ0) is 21.2. The van der Waals surface area contributed by atoms with Crippen molar-refractivity contribution in [3.05, 3.63) is 83.9 Å². The molecule has 0 radical (unpaired) electrons. The van der Waals surface area contributed by atoms with Crippen LogP contribution in [0.3, 0.4) is 0 Å². The Labute approximate surface area is 162 Å². The van der Waals surface area contributed by atoms with Gasteiger partial charge in [-0.25, -0.2) is 13.6 Å². The van der Waals surface area contributed by atoms with Crippen LogP contribution in [0.15, 0.2) is 61.2 Å². The van der Waals surface area contributed by atoms with Gasteiger partial charge in [0, 0.05) is 5.39 Å². The molecule has 0 aliphatic heterocycles. The molecule has 8 heteroatoms. The normalized spacial score (nSPS) is 11.3. The molecular weight excluding hydrogens is 395 g/mol. The topological polar surface area (TPSA) is 35.5 Å². The van der Waals surface area contributed by atoms with Crippen LogP contribution in [0.5, 0.6) is 11.5 Å². The highest BCUT2D eigenvalue weighted by Gasteiger charge is 2.38. The van der Waals surface area contributed by atoms with Gasteiger partial charge in [-0.2, -0.15) is 13.2 Å². The maximum absolute atomic E-state index is 14.1. The number of benzene rings is 3. The van der Waals surface area contributed by atoms with Crippen LogP contribution in [-0.4, -0.2) is 12.6 Å². The Kier molecular flexibility index (Phi) is 5.54. The van der Waals surface area contributed by atoms with Gasteiger partial charge in [0.15, 0.2) is 0 Å². The van der Waals surface area contributed by atoms with Crippen molar-refractivity contribution in [2.24, 2.45) is 0 Å². The van der Waals surface area contributed by atoms with Gasteiger partial charge in [0.25, 0.3) is 0 Å². The molecule has 0 aliphatic carbocycles. The summed E-state index contributed by atoms with van der Waals surface area (Å²) < 4.78 is 76.8. The molecule has 0 unspecified atom stereocenters. The predicted octanol–water partition coefficient (Wildman–Crippen LogP) is 5.92. The number of carbonyl (C=O) groups excluding carboxylic acids is 1. The lowest BCUT2D eigenvalue weighted by Crippen LogP contribution is -2.12. The van der Waals surface area contributed by atoms with Crippen LogP contribution in [0.4, 0.5) is 22.0 Å². The molecule has 0 aromatic heterocycles. The Morgan fingerprint density at radius 2 is 1.66 bits per heavy atom. The SMILES string of the molecule is C=CCOc1ccc(C(=O)Oc2ccc3c(F)c(C(F)(F)F)c(F)cc3c2)cc1. The third-order valence-electron chi connectivity index (χ3n) is 3.95. The maximum Gasteiger partial charge on any atom is 0.422 e. The Hall–Kier alpha value is -3.42. The minimum absolute atomic E-state index is 0.0759. The first kappa shape index (κ1) is 20.3. The lowest BCUT2D eigenvalue weighted by molar-refractivity contribution is -0.142. The molecule has 3 nitrogen and oxygen atoms in total. The van der Waals surface area contributed by atoms with Crippen LogP contribution in [0.2, 0.25) is 0 Å². The molecule has 0 atom stereocenters. The Bertz CT molecular complexity index is 1070. The minimum Gasteiger partial charge on any atom is -0.490 e. The third-order valence-corrected chi connectivity index (χ3v) is 3.95. The van der Waals surface area contributed by atoms with Gasteiger partial charge in [-0.05, 0) is 53.9 Å². The first-order valence-electron chi connectivity index (χ1n) is 8.25. The molecule has 0 aliphatic rings. The molecule has 0 N–H and O–H groups in total. The smallest absolute Gasteiger partial charge is 0.422 e. The van der Waals surface area contributed by atoms with E-state index in [1.54, 1.807) is 18.2 Å². The fourth-order valence-electron chi connectivity index (χ4n) is 2.64. The highest BCUT2D eigenvalue weighted by Crippen LogP contribution is 2.37. The second kappa shape index (κ2) is 7.90. The standard InChI is InChI=1S/C21H13F5O3/c1-2-9-28-14-5-3-12(4-6-14)20(27)29-15-7-8-16-13(10-15)11-17(22)18(19(16)23)21(24,25)26/h2-8,10-11H,1,9H2. The molecule has 3 rings (SSSR count). The molecule has 0 bridgehead atoms. The third kappa shape index (κ3) is 4.37. The maximum atomic E-state index is 14.1. The van der Waals surface area contributed by atoms with E-state index in [4.69, 9.17) is 9.47 Å². The van der Waals surface area contributed by atoms with Gasteiger partial charge in [0.2, 0.25) is 0 Å². The van der Waals surface area contributed by atoms with Gasteiger partial charge in [-0.1, -0.05) is 12.7 Å². The van der Waals surface area contributed by atoms with E-state index >= 15 is 0 Å². The van der Waals surface area contributed by atoms with E-state index < -0.39 is 34.7 Å². The quantitative estimate of drug-likeness (QED) is 0.228. The minimum atomic E-state index is -5.17. The predicted molar refractivity (Wildman–Crippen MR) is 96.0 cm³/mol. The number of ether oxygens (including phenoxy) is 2. The number of fused-ring (bicyclic) bond motifs is 1. The summed E-state index contributed by atoms with van der Waals surface area (Å²) in [7, 11) is 0. The monoisotopic (exact) mass is 408 g/mol. The van der Waals surface area contributed by atoms with Crippen molar-refractivity contribution in [2.75, 3.05) is 6.61 Å². The summed E-state index contributed by atoms with van der Waals surface area (Å²) in [4.78, 5) is 12.2.